The Morgan fingerprint density at radius 3 is 2.20 bits per heavy atom. The lowest BCUT2D eigenvalue weighted by Crippen LogP contribution is -2.13. The van der Waals surface area contributed by atoms with E-state index >= 15 is 0 Å². The Morgan fingerprint density at radius 1 is 0.914 bits per heavy atom. The topological polar surface area (TPSA) is 105 Å². The molecule has 0 heterocycles. The summed E-state index contributed by atoms with van der Waals surface area (Å²) in [5.41, 5.74) is 1.28. The zero-order valence-corrected chi connectivity index (χ0v) is 19.4. The van der Waals surface area contributed by atoms with Crippen molar-refractivity contribution in [2.24, 2.45) is 0 Å². The number of carbonyl (C=O) groups is 4. The average molecular weight is 478 g/mol. The molecule has 0 atom stereocenters. The standard InChI is InChI=1S/C27H26O8/c1-4-25(29)35-23-11-6-20(7-12-23)8-15-24(28)21-9-13-22(14-10-21)33-16-5-17-34-27(31)19(2)18-26(30)32-3/h4,6-15H,1-2,5,16-18H2,3H3/b15-8+. The average Bonchev–Trinajstić information content (AvgIpc) is 2.87. The van der Waals surface area contributed by atoms with Crippen molar-refractivity contribution in [1.82, 2.24) is 0 Å². The third kappa shape index (κ3) is 9.51. The van der Waals surface area contributed by atoms with Crippen LogP contribution in [0.3, 0.4) is 0 Å². The second-order valence-corrected chi connectivity index (χ2v) is 7.11. The minimum absolute atomic E-state index is 0.0260. The van der Waals surface area contributed by atoms with E-state index in [1.807, 2.05) is 0 Å². The molecule has 0 aliphatic rings. The van der Waals surface area contributed by atoms with Crippen LogP contribution in [0.4, 0.5) is 0 Å². The fourth-order valence-corrected chi connectivity index (χ4v) is 2.62. The fourth-order valence-electron chi connectivity index (χ4n) is 2.62. The van der Waals surface area contributed by atoms with Gasteiger partial charge in [-0.15, -0.1) is 0 Å². The van der Waals surface area contributed by atoms with Gasteiger partial charge in [0.15, 0.2) is 5.78 Å². The Balaban J connectivity index is 1.74. The minimum Gasteiger partial charge on any atom is -0.493 e. The highest BCUT2D eigenvalue weighted by Gasteiger charge is 2.13. The molecule has 2 aromatic carbocycles. The van der Waals surface area contributed by atoms with Crippen molar-refractivity contribution in [3.8, 4) is 11.5 Å². The van der Waals surface area contributed by atoms with E-state index in [1.165, 1.54) is 13.2 Å². The smallest absolute Gasteiger partial charge is 0.335 e. The number of hydrogen-bond acceptors (Lipinski definition) is 8. The monoisotopic (exact) mass is 478 g/mol. The predicted octanol–water partition coefficient (Wildman–Crippen LogP) is 4.11. The molecular formula is C27H26O8. The number of carbonyl (C=O) groups excluding carboxylic acids is 4. The molecule has 8 heteroatoms. The van der Waals surface area contributed by atoms with Gasteiger partial charge in [-0.2, -0.15) is 0 Å². The molecule has 0 aliphatic heterocycles. The van der Waals surface area contributed by atoms with Crippen molar-refractivity contribution >= 4 is 29.8 Å². The first-order valence-electron chi connectivity index (χ1n) is 10.6. The van der Waals surface area contributed by atoms with Crippen LogP contribution in [0.25, 0.3) is 6.08 Å². The largest absolute Gasteiger partial charge is 0.493 e. The molecular weight excluding hydrogens is 452 g/mol. The number of ketones is 1. The van der Waals surface area contributed by atoms with Crippen LogP contribution in [-0.4, -0.2) is 44.0 Å². The van der Waals surface area contributed by atoms with Crippen LogP contribution in [0.1, 0.15) is 28.8 Å². The van der Waals surface area contributed by atoms with E-state index in [9.17, 15) is 19.2 Å². The second-order valence-electron chi connectivity index (χ2n) is 7.11. The fraction of sp³-hybridized carbons (Fsp3) is 0.185. The van der Waals surface area contributed by atoms with Gasteiger partial charge in [0.05, 0.1) is 26.7 Å². The highest BCUT2D eigenvalue weighted by atomic mass is 16.5. The van der Waals surface area contributed by atoms with Gasteiger partial charge in [0.1, 0.15) is 11.5 Å². The summed E-state index contributed by atoms with van der Waals surface area (Å²) in [5.74, 6) is -0.989. The van der Waals surface area contributed by atoms with Gasteiger partial charge >= 0.3 is 17.9 Å². The van der Waals surface area contributed by atoms with Gasteiger partial charge in [-0.1, -0.05) is 31.4 Å². The number of esters is 3. The highest BCUT2D eigenvalue weighted by Crippen LogP contribution is 2.16. The van der Waals surface area contributed by atoms with Gasteiger partial charge in [-0.05, 0) is 48.0 Å². The Bertz CT molecular complexity index is 1100. The van der Waals surface area contributed by atoms with Gasteiger partial charge in [0.25, 0.3) is 0 Å². The summed E-state index contributed by atoms with van der Waals surface area (Å²) in [5, 5.41) is 0. The Kier molecular flexibility index (Phi) is 10.7. The van der Waals surface area contributed by atoms with E-state index < -0.39 is 17.9 Å². The van der Waals surface area contributed by atoms with Crippen LogP contribution in [0.5, 0.6) is 11.5 Å². The van der Waals surface area contributed by atoms with Crippen LogP contribution in [0.2, 0.25) is 0 Å². The van der Waals surface area contributed by atoms with E-state index in [4.69, 9.17) is 14.2 Å². The van der Waals surface area contributed by atoms with Crippen LogP contribution in [-0.2, 0) is 23.9 Å². The van der Waals surface area contributed by atoms with Gasteiger partial charge in [0.2, 0.25) is 0 Å². The van der Waals surface area contributed by atoms with E-state index in [1.54, 1.807) is 54.6 Å². The highest BCUT2D eigenvalue weighted by molar-refractivity contribution is 6.06. The summed E-state index contributed by atoms with van der Waals surface area (Å²) in [6.45, 7) is 7.24. The van der Waals surface area contributed by atoms with Crippen molar-refractivity contribution < 1.29 is 38.1 Å². The van der Waals surface area contributed by atoms with Crippen molar-refractivity contribution in [2.75, 3.05) is 20.3 Å². The molecule has 0 spiro atoms. The van der Waals surface area contributed by atoms with Crippen LogP contribution in [0, 0.1) is 0 Å². The lowest BCUT2D eigenvalue weighted by atomic mass is 10.1. The molecule has 0 fully saturated rings. The predicted molar refractivity (Wildman–Crippen MR) is 129 cm³/mol. The molecule has 0 aliphatic carbocycles. The number of allylic oxidation sites excluding steroid dienone is 1. The molecule has 0 amide bonds. The normalized spacial score (nSPS) is 10.3. The van der Waals surface area contributed by atoms with E-state index in [0.29, 0.717) is 30.1 Å². The quantitative estimate of drug-likeness (QED) is 0.139. The molecule has 0 aromatic heterocycles. The first-order valence-corrected chi connectivity index (χ1v) is 10.6. The van der Waals surface area contributed by atoms with E-state index in [2.05, 4.69) is 17.9 Å². The molecule has 182 valence electrons. The maximum Gasteiger partial charge on any atom is 0.335 e. The van der Waals surface area contributed by atoms with Crippen molar-refractivity contribution in [3.05, 3.63) is 90.5 Å². The maximum atomic E-state index is 12.4. The lowest BCUT2D eigenvalue weighted by molar-refractivity contribution is -0.144. The zero-order chi connectivity index (χ0) is 25.6. The van der Waals surface area contributed by atoms with E-state index in [-0.39, 0.29) is 24.4 Å². The summed E-state index contributed by atoms with van der Waals surface area (Å²) in [7, 11) is 1.23. The SMILES string of the molecule is C=CC(=O)Oc1ccc(/C=C/C(=O)c2ccc(OCCCOC(=O)C(=C)CC(=O)OC)cc2)cc1. The Labute approximate surface area is 203 Å². The summed E-state index contributed by atoms with van der Waals surface area (Å²) in [6, 6.07) is 13.3. The third-order valence-corrected chi connectivity index (χ3v) is 4.50. The first-order chi connectivity index (χ1) is 16.8. The van der Waals surface area contributed by atoms with Crippen LogP contribution >= 0.6 is 0 Å². The molecule has 0 bridgehead atoms. The van der Waals surface area contributed by atoms with Crippen molar-refractivity contribution in [2.45, 2.75) is 12.8 Å². The summed E-state index contributed by atoms with van der Waals surface area (Å²) >= 11 is 0. The second kappa shape index (κ2) is 13.9. The summed E-state index contributed by atoms with van der Waals surface area (Å²) in [6.07, 6.45) is 4.41. The molecule has 0 saturated heterocycles. The van der Waals surface area contributed by atoms with Crippen molar-refractivity contribution in [3.63, 3.8) is 0 Å². The van der Waals surface area contributed by atoms with Gasteiger partial charge in [-0.3, -0.25) is 9.59 Å². The maximum absolute atomic E-state index is 12.4. The number of methoxy groups -OCH3 is 1. The van der Waals surface area contributed by atoms with Crippen molar-refractivity contribution in [1.29, 1.82) is 0 Å². The molecule has 0 N–H and O–H groups in total. The molecule has 2 rings (SSSR count). The van der Waals surface area contributed by atoms with Gasteiger partial charge < -0.3 is 18.9 Å². The third-order valence-electron chi connectivity index (χ3n) is 4.50. The number of rotatable bonds is 13. The molecule has 2 aromatic rings. The number of hydrogen-bond donors (Lipinski definition) is 0. The van der Waals surface area contributed by atoms with Gasteiger partial charge in [0, 0.05) is 23.6 Å². The molecule has 8 nitrogen and oxygen atoms in total. The lowest BCUT2D eigenvalue weighted by Gasteiger charge is -2.08. The molecule has 0 radical (unpaired) electrons. The molecule has 0 saturated carbocycles. The summed E-state index contributed by atoms with van der Waals surface area (Å²) in [4.78, 5) is 46.4. The van der Waals surface area contributed by atoms with E-state index in [0.717, 1.165) is 11.6 Å². The molecule has 0 unspecified atom stereocenters. The number of ether oxygens (including phenoxy) is 4. The molecule has 35 heavy (non-hydrogen) atoms. The minimum atomic E-state index is -0.654. The first kappa shape index (κ1) is 26.8. The Morgan fingerprint density at radius 2 is 1.57 bits per heavy atom. The Hall–Kier alpha value is -4.46. The number of benzene rings is 2. The summed E-state index contributed by atoms with van der Waals surface area (Å²) < 4.78 is 20.1. The van der Waals surface area contributed by atoms with Crippen LogP contribution < -0.4 is 9.47 Å². The van der Waals surface area contributed by atoms with Gasteiger partial charge in [-0.25, -0.2) is 9.59 Å². The zero-order valence-electron chi connectivity index (χ0n) is 19.4. The van der Waals surface area contributed by atoms with Crippen LogP contribution in [0.15, 0.2) is 79.4 Å².